The van der Waals surface area contributed by atoms with Crippen LogP contribution in [-0.4, -0.2) is 31.3 Å². The maximum Gasteiger partial charge on any atom is 0.250 e. The van der Waals surface area contributed by atoms with E-state index >= 15 is 0 Å². The van der Waals surface area contributed by atoms with Gasteiger partial charge in [-0.05, 0) is 32.9 Å². The van der Waals surface area contributed by atoms with Gasteiger partial charge in [0.1, 0.15) is 6.61 Å². The molecule has 0 aromatic heterocycles. The molecular weight excluding hydrogens is 244 g/mol. The van der Waals surface area contributed by atoms with Crippen molar-refractivity contribution in [2.24, 2.45) is 0 Å². The van der Waals surface area contributed by atoms with E-state index in [1.54, 1.807) is 12.1 Å². The first-order valence-corrected chi connectivity index (χ1v) is 6.24. The molecule has 1 amide bonds. The predicted octanol–water partition coefficient (Wildman–Crippen LogP) is 2.04. The normalized spacial score (nSPS) is 11.3. The lowest BCUT2D eigenvalue weighted by Crippen LogP contribution is -2.24. The smallest absolute Gasteiger partial charge is 0.250 e. The second kappa shape index (κ2) is 7.11. The molecule has 0 heterocycles. The maximum absolute atomic E-state index is 11.6. The molecule has 5 nitrogen and oxygen atoms in total. The lowest BCUT2D eigenvalue weighted by atomic mass is 10.2. The topological polar surface area (TPSA) is 73.6 Å². The van der Waals surface area contributed by atoms with Crippen molar-refractivity contribution in [3.05, 3.63) is 24.3 Å². The first kappa shape index (κ1) is 15.5. The fraction of sp³-hybridized carbons (Fsp3) is 0.500. The summed E-state index contributed by atoms with van der Waals surface area (Å²) in [5.74, 6) is -0.228. The van der Waals surface area contributed by atoms with E-state index in [4.69, 9.17) is 15.2 Å². The van der Waals surface area contributed by atoms with Crippen LogP contribution in [0.3, 0.4) is 0 Å². The summed E-state index contributed by atoms with van der Waals surface area (Å²) in [6.45, 7) is 6.74. The van der Waals surface area contributed by atoms with Crippen molar-refractivity contribution in [3.8, 4) is 0 Å². The molecule has 0 saturated carbocycles. The first-order chi connectivity index (χ1) is 8.88. The van der Waals surface area contributed by atoms with Crippen LogP contribution in [0.1, 0.15) is 20.8 Å². The average Bonchev–Trinajstić information content (AvgIpc) is 2.30. The molecule has 1 aromatic rings. The molecule has 0 aliphatic heterocycles. The molecule has 0 spiro atoms. The minimum atomic E-state index is -0.228. The van der Waals surface area contributed by atoms with Crippen LogP contribution in [0.2, 0.25) is 0 Å². The highest BCUT2D eigenvalue weighted by Crippen LogP contribution is 2.16. The summed E-state index contributed by atoms with van der Waals surface area (Å²) >= 11 is 0. The number of nitrogens with two attached hydrogens (primary N) is 1. The third kappa shape index (κ3) is 6.79. The third-order valence-electron chi connectivity index (χ3n) is 2.23. The lowest BCUT2D eigenvalue weighted by Gasteiger charge is -2.19. The molecule has 0 atom stereocenters. The summed E-state index contributed by atoms with van der Waals surface area (Å²) in [5.41, 5.74) is 6.66. The highest BCUT2D eigenvalue weighted by atomic mass is 16.5. The molecule has 5 heteroatoms. The van der Waals surface area contributed by atoms with Gasteiger partial charge >= 0.3 is 0 Å². The van der Waals surface area contributed by atoms with E-state index in [0.717, 1.165) is 0 Å². The van der Waals surface area contributed by atoms with Gasteiger partial charge in [0.2, 0.25) is 5.91 Å². The second-order valence-electron chi connectivity index (χ2n) is 5.15. The van der Waals surface area contributed by atoms with Gasteiger partial charge in [-0.15, -0.1) is 0 Å². The molecule has 0 radical (unpaired) electrons. The summed E-state index contributed by atoms with van der Waals surface area (Å²) in [6.07, 6.45) is 0. The quantitative estimate of drug-likeness (QED) is 0.610. The minimum absolute atomic E-state index is 0.0121. The van der Waals surface area contributed by atoms with Gasteiger partial charge in [0.15, 0.2) is 0 Å². The minimum Gasteiger partial charge on any atom is -0.397 e. The maximum atomic E-state index is 11.6. The van der Waals surface area contributed by atoms with Gasteiger partial charge in [-0.25, -0.2) is 0 Å². The van der Waals surface area contributed by atoms with Gasteiger partial charge in [0, 0.05) is 0 Å². The summed E-state index contributed by atoms with van der Waals surface area (Å²) in [4.78, 5) is 11.6. The van der Waals surface area contributed by atoms with Crippen molar-refractivity contribution in [2.45, 2.75) is 26.4 Å². The highest BCUT2D eigenvalue weighted by molar-refractivity contribution is 5.94. The van der Waals surface area contributed by atoms with Gasteiger partial charge in [-0.3, -0.25) is 4.79 Å². The Morgan fingerprint density at radius 3 is 2.58 bits per heavy atom. The number of carbonyl (C=O) groups is 1. The molecule has 3 N–H and O–H groups in total. The van der Waals surface area contributed by atoms with Crippen LogP contribution in [-0.2, 0) is 14.3 Å². The van der Waals surface area contributed by atoms with Crippen molar-refractivity contribution < 1.29 is 14.3 Å². The van der Waals surface area contributed by atoms with Crippen molar-refractivity contribution in [1.29, 1.82) is 0 Å². The summed E-state index contributed by atoms with van der Waals surface area (Å²) in [6, 6.07) is 7.10. The molecule has 1 rings (SSSR count). The van der Waals surface area contributed by atoms with Crippen LogP contribution in [0.5, 0.6) is 0 Å². The van der Waals surface area contributed by atoms with Gasteiger partial charge < -0.3 is 20.5 Å². The first-order valence-electron chi connectivity index (χ1n) is 6.24. The lowest BCUT2D eigenvalue weighted by molar-refractivity contribution is -0.121. The van der Waals surface area contributed by atoms with Crippen LogP contribution in [0.15, 0.2) is 24.3 Å². The van der Waals surface area contributed by atoms with Crippen LogP contribution in [0.25, 0.3) is 0 Å². The zero-order valence-corrected chi connectivity index (χ0v) is 11.7. The number of rotatable bonds is 6. The number of para-hydroxylation sites is 2. The van der Waals surface area contributed by atoms with E-state index in [-0.39, 0.29) is 18.1 Å². The number of benzene rings is 1. The molecular formula is C14H22N2O3. The van der Waals surface area contributed by atoms with Crippen LogP contribution < -0.4 is 11.1 Å². The number of nitrogen functional groups attached to an aromatic ring is 1. The van der Waals surface area contributed by atoms with E-state index in [0.29, 0.717) is 24.6 Å². The number of hydrogen-bond donors (Lipinski definition) is 2. The van der Waals surface area contributed by atoms with E-state index in [1.807, 2.05) is 32.9 Å². The fourth-order valence-electron chi connectivity index (χ4n) is 1.37. The largest absolute Gasteiger partial charge is 0.397 e. The second-order valence-corrected chi connectivity index (χ2v) is 5.15. The predicted molar refractivity (Wildman–Crippen MR) is 76.0 cm³/mol. The average molecular weight is 266 g/mol. The van der Waals surface area contributed by atoms with Crippen molar-refractivity contribution in [1.82, 2.24) is 0 Å². The molecule has 0 aliphatic rings. The molecule has 0 aliphatic carbocycles. The van der Waals surface area contributed by atoms with Crippen molar-refractivity contribution >= 4 is 17.3 Å². The number of hydrogen-bond acceptors (Lipinski definition) is 4. The molecule has 0 unspecified atom stereocenters. The Hall–Kier alpha value is -1.59. The number of carbonyl (C=O) groups excluding carboxylic acids is 1. The Balaban J connectivity index is 2.20. The monoisotopic (exact) mass is 266 g/mol. The van der Waals surface area contributed by atoms with Gasteiger partial charge in [-0.2, -0.15) is 0 Å². The molecule has 0 bridgehead atoms. The SMILES string of the molecule is CC(C)(C)OCCOCC(=O)Nc1ccccc1N. The Kier molecular flexibility index (Phi) is 5.79. The van der Waals surface area contributed by atoms with Crippen LogP contribution in [0.4, 0.5) is 11.4 Å². The van der Waals surface area contributed by atoms with Crippen molar-refractivity contribution in [3.63, 3.8) is 0 Å². The third-order valence-corrected chi connectivity index (χ3v) is 2.23. The van der Waals surface area contributed by atoms with Crippen LogP contribution >= 0.6 is 0 Å². The van der Waals surface area contributed by atoms with Gasteiger partial charge in [0.25, 0.3) is 0 Å². The molecule has 0 saturated heterocycles. The van der Waals surface area contributed by atoms with Gasteiger partial charge in [-0.1, -0.05) is 12.1 Å². The van der Waals surface area contributed by atoms with Crippen LogP contribution in [0, 0.1) is 0 Å². The molecule has 0 fully saturated rings. The molecule has 1 aromatic carbocycles. The summed E-state index contributed by atoms with van der Waals surface area (Å²) < 4.78 is 10.7. The van der Waals surface area contributed by atoms with E-state index in [2.05, 4.69) is 5.32 Å². The number of ether oxygens (including phenoxy) is 2. The van der Waals surface area contributed by atoms with E-state index in [9.17, 15) is 4.79 Å². The number of amides is 1. The highest BCUT2D eigenvalue weighted by Gasteiger charge is 2.09. The van der Waals surface area contributed by atoms with E-state index in [1.165, 1.54) is 0 Å². The summed E-state index contributed by atoms with van der Waals surface area (Å²) in [5, 5.41) is 2.69. The molecule has 106 valence electrons. The Morgan fingerprint density at radius 2 is 1.95 bits per heavy atom. The number of nitrogens with one attached hydrogen (secondary N) is 1. The fourth-order valence-corrected chi connectivity index (χ4v) is 1.37. The van der Waals surface area contributed by atoms with Gasteiger partial charge in [0.05, 0.1) is 30.2 Å². The van der Waals surface area contributed by atoms with E-state index < -0.39 is 0 Å². The zero-order valence-electron chi connectivity index (χ0n) is 11.7. The standard InChI is InChI=1S/C14H22N2O3/c1-14(2,3)19-9-8-18-10-13(17)16-12-7-5-4-6-11(12)15/h4-7H,8-10,15H2,1-3H3,(H,16,17). The number of anilines is 2. The Labute approximate surface area is 114 Å². The Morgan fingerprint density at radius 1 is 1.26 bits per heavy atom. The Bertz CT molecular complexity index is 413. The summed E-state index contributed by atoms with van der Waals surface area (Å²) in [7, 11) is 0. The van der Waals surface area contributed by atoms with Crippen molar-refractivity contribution in [2.75, 3.05) is 30.9 Å². The molecule has 19 heavy (non-hydrogen) atoms. The zero-order chi connectivity index (χ0) is 14.3.